The number of anilines is 1. The van der Waals surface area contributed by atoms with E-state index < -0.39 is 11.9 Å². The van der Waals surface area contributed by atoms with E-state index in [-0.39, 0.29) is 16.7 Å². The minimum absolute atomic E-state index is 0.0747. The number of methoxy groups -OCH3 is 1. The van der Waals surface area contributed by atoms with Gasteiger partial charge in [0, 0.05) is 5.69 Å². The minimum Gasteiger partial charge on any atom is -0.507 e. The van der Waals surface area contributed by atoms with Gasteiger partial charge in [-0.15, -0.1) is 0 Å². The number of aromatic hydroxyl groups is 1. The number of aryl methyl sites for hydroxylation is 1. The summed E-state index contributed by atoms with van der Waals surface area (Å²) < 4.78 is 4.68. The molecule has 0 spiro atoms. The lowest BCUT2D eigenvalue weighted by molar-refractivity contribution is 0.0600. The fraction of sp³-hybridized carbons (Fsp3) is 0.300. The molecule has 0 aliphatic heterocycles. The van der Waals surface area contributed by atoms with Crippen LogP contribution >= 0.6 is 0 Å². The molecule has 0 unspecified atom stereocenters. The van der Waals surface area contributed by atoms with Gasteiger partial charge in [-0.2, -0.15) is 0 Å². The molecule has 0 aliphatic rings. The van der Waals surface area contributed by atoms with E-state index in [0.717, 1.165) is 11.1 Å². The molecule has 1 amide bonds. The molecule has 0 atom stereocenters. The molecule has 132 valence electrons. The van der Waals surface area contributed by atoms with Crippen LogP contribution in [0, 0.1) is 6.92 Å². The van der Waals surface area contributed by atoms with Crippen molar-refractivity contribution in [2.24, 2.45) is 0 Å². The second kappa shape index (κ2) is 6.97. The summed E-state index contributed by atoms with van der Waals surface area (Å²) in [6.45, 7) is 7.90. The monoisotopic (exact) mass is 341 g/mol. The zero-order chi connectivity index (χ0) is 18.8. The lowest BCUT2D eigenvalue weighted by atomic mass is 9.86. The number of nitrogens with one attached hydrogen (secondary N) is 1. The Morgan fingerprint density at radius 3 is 2.32 bits per heavy atom. The molecule has 0 radical (unpaired) electrons. The van der Waals surface area contributed by atoms with Crippen LogP contribution in [0.1, 0.15) is 52.6 Å². The molecule has 2 rings (SSSR count). The van der Waals surface area contributed by atoms with Crippen LogP contribution in [0.25, 0.3) is 0 Å². The van der Waals surface area contributed by atoms with Gasteiger partial charge in [-0.3, -0.25) is 4.79 Å². The van der Waals surface area contributed by atoms with E-state index >= 15 is 0 Å². The fourth-order valence-corrected chi connectivity index (χ4v) is 2.42. The van der Waals surface area contributed by atoms with Gasteiger partial charge < -0.3 is 15.2 Å². The van der Waals surface area contributed by atoms with E-state index in [0.29, 0.717) is 11.3 Å². The Bertz CT molecular complexity index is 819. The molecular formula is C20H23NO4. The maximum absolute atomic E-state index is 12.6. The summed E-state index contributed by atoms with van der Waals surface area (Å²) in [6.07, 6.45) is 0. The summed E-state index contributed by atoms with van der Waals surface area (Å²) in [5.41, 5.74) is 2.73. The molecule has 0 saturated carbocycles. The largest absolute Gasteiger partial charge is 0.507 e. The first kappa shape index (κ1) is 18.5. The van der Waals surface area contributed by atoms with Crippen LogP contribution in [0.2, 0.25) is 0 Å². The Balaban J connectivity index is 2.30. The summed E-state index contributed by atoms with van der Waals surface area (Å²) in [7, 11) is 1.32. The number of ether oxygens (including phenoxy) is 1. The van der Waals surface area contributed by atoms with Crippen LogP contribution in [0.4, 0.5) is 5.69 Å². The van der Waals surface area contributed by atoms with Gasteiger partial charge in [0.1, 0.15) is 5.75 Å². The first-order valence-corrected chi connectivity index (χ1v) is 7.97. The topological polar surface area (TPSA) is 75.6 Å². The molecule has 0 saturated heterocycles. The van der Waals surface area contributed by atoms with Crippen LogP contribution in [-0.2, 0) is 10.2 Å². The Morgan fingerprint density at radius 2 is 1.76 bits per heavy atom. The van der Waals surface area contributed by atoms with E-state index in [9.17, 15) is 14.7 Å². The molecule has 0 fully saturated rings. The van der Waals surface area contributed by atoms with Crippen molar-refractivity contribution < 1.29 is 19.4 Å². The summed E-state index contributed by atoms with van der Waals surface area (Å²) in [4.78, 5) is 24.1. The first-order valence-electron chi connectivity index (χ1n) is 7.97. The van der Waals surface area contributed by atoms with Crippen molar-refractivity contribution >= 4 is 17.6 Å². The van der Waals surface area contributed by atoms with Gasteiger partial charge in [0.05, 0.1) is 18.2 Å². The Kier molecular flexibility index (Phi) is 5.16. The van der Waals surface area contributed by atoms with Crippen molar-refractivity contribution in [2.75, 3.05) is 12.4 Å². The quantitative estimate of drug-likeness (QED) is 0.826. The number of rotatable bonds is 3. The Morgan fingerprint density at radius 1 is 1.08 bits per heavy atom. The van der Waals surface area contributed by atoms with E-state index in [4.69, 9.17) is 0 Å². The zero-order valence-corrected chi connectivity index (χ0v) is 15.1. The zero-order valence-electron chi connectivity index (χ0n) is 15.1. The van der Waals surface area contributed by atoms with Crippen LogP contribution in [0.15, 0.2) is 36.4 Å². The number of phenolic OH excluding ortho intramolecular Hbond substituents is 1. The number of hydrogen-bond donors (Lipinski definition) is 2. The van der Waals surface area contributed by atoms with Gasteiger partial charge in [-0.05, 0) is 53.8 Å². The maximum atomic E-state index is 12.6. The number of carbonyl (C=O) groups is 2. The molecular weight excluding hydrogens is 318 g/mol. The van der Waals surface area contributed by atoms with Gasteiger partial charge in [0.2, 0.25) is 0 Å². The average molecular weight is 341 g/mol. The second-order valence-electron chi connectivity index (χ2n) is 6.96. The van der Waals surface area contributed by atoms with Crippen molar-refractivity contribution in [3.8, 4) is 5.75 Å². The number of benzene rings is 2. The smallest absolute Gasteiger partial charge is 0.337 e. The van der Waals surface area contributed by atoms with E-state index in [2.05, 4.69) is 10.1 Å². The Labute approximate surface area is 147 Å². The van der Waals surface area contributed by atoms with Gasteiger partial charge in [-0.1, -0.05) is 26.8 Å². The fourth-order valence-electron chi connectivity index (χ4n) is 2.42. The standard InChI is InChI=1S/C20H23NO4/c1-12-10-13(19(24)25-5)6-8-16(12)21-18(23)15-11-14(20(2,3)4)7-9-17(15)22/h6-11,22H,1-5H3,(H,21,23). The molecule has 2 aromatic rings. The predicted octanol–water partition coefficient (Wildman–Crippen LogP) is 4.04. The number of amides is 1. The van der Waals surface area contributed by atoms with Crippen molar-refractivity contribution in [3.63, 3.8) is 0 Å². The van der Waals surface area contributed by atoms with E-state index in [1.807, 2.05) is 26.8 Å². The summed E-state index contributed by atoms with van der Waals surface area (Å²) in [5, 5.41) is 12.8. The van der Waals surface area contributed by atoms with Crippen LogP contribution in [0.5, 0.6) is 5.75 Å². The molecule has 0 heterocycles. The average Bonchev–Trinajstić information content (AvgIpc) is 2.55. The van der Waals surface area contributed by atoms with Crippen molar-refractivity contribution in [1.29, 1.82) is 0 Å². The maximum Gasteiger partial charge on any atom is 0.337 e. The van der Waals surface area contributed by atoms with Crippen LogP contribution < -0.4 is 5.32 Å². The third-order valence-electron chi connectivity index (χ3n) is 4.00. The number of hydrogen-bond acceptors (Lipinski definition) is 4. The summed E-state index contributed by atoms with van der Waals surface area (Å²) >= 11 is 0. The third kappa shape index (κ3) is 4.18. The predicted molar refractivity (Wildman–Crippen MR) is 97.3 cm³/mol. The van der Waals surface area contributed by atoms with E-state index in [1.165, 1.54) is 13.2 Å². The highest BCUT2D eigenvalue weighted by atomic mass is 16.5. The van der Waals surface area contributed by atoms with Crippen molar-refractivity contribution in [2.45, 2.75) is 33.1 Å². The second-order valence-corrected chi connectivity index (χ2v) is 6.96. The molecule has 5 nitrogen and oxygen atoms in total. The molecule has 2 aromatic carbocycles. The van der Waals surface area contributed by atoms with Gasteiger partial charge >= 0.3 is 5.97 Å². The molecule has 5 heteroatoms. The van der Waals surface area contributed by atoms with Crippen molar-refractivity contribution in [3.05, 3.63) is 58.7 Å². The van der Waals surface area contributed by atoms with E-state index in [1.54, 1.807) is 31.2 Å². The molecule has 0 bridgehead atoms. The van der Waals surface area contributed by atoms with Crippen LogP contribution in [0.3, 0.4) is 0 Å². The summed E-state index contributed by atoms with van der Waals surface area (Å²) in [5.74, 6) is -0.914. The van der Waals surface area contributed by atoms with Gasteiger partial charge in [-0.25, -0.2) is 4.79 Å². The third-order valence-corrected chi connectivity index (χ3v) is 4.00. The SMILES string of the molecule is COC(=O)c1ccc(NC(=O)c2cc(C(C)(C)C)ccc2O)c(C)c1. The summed E-state index contributed by atoms with van der Waals surface area (Å²) in [6, 6.07) is 9.91. The highest BCUT2D eigenvalue weighted by molar-refractivity contribution is 6.06. The molecule has 0 aliphatic carbocycles. The lowest BCUT2D eigenvalue weighted by Crippen LogP contribution is -2.16. The van der Waals surface area contributed by atoms with Gasteiger partial charge in [0.25, 0.3) is 5.91 Å². The number of esters is 1. The molecule has 0 aromatic heterocycles. The van der Waals surface area contributed by atoms with Gasteiger partial charge in [0.15, 0.2) is 0 Å². The Hall–Kier alpha value is -2.82. The molecule has 25 heavy (non-hydrogen) atoms. The number of carbonyl (C=O) groups excluding carboxylic acids is 2. The number of phenols is 1. The normalized spacial score (nSPS) is 11.1. The van der Waals surface area contributed by atoms with Crippen molar-refractivity contribution in [1.82, 2.24) is 0 Å². The minimum atomic E-state index is -0.434. The van der Waals surface area contributed by atoms with Crippen LogP contribution in [-0.4, -0.2) is 24.1 Å². The highest BCUT2D eigenvalue weighted by Crippen LogP contribution is 2.28. The highest BCUT2D eigenvalue weighted by Gasteiger charge is 2.19. The molecule has 2 N–H and O–H groups in total. The first-order chi connectivity index (χ1) is 11.6. The lowest BCUT2D eigenvalue weighted by Gasteiger charge is -2.20.